The zero-order valence-corrected chi connectivity index (χ0v) is 15.0. The van der Waals surface area contributed by atoms with E-state index in [1.165, 1.54) is 24.3 Å². The molecule has 0 aliphatic heterocycles. The van der Waals surface area contributed by atoms with Gasteiger partial charge in [0.1, 0.15) is 11.6 Å². The van der Waals surface area contributed by atoms with Crippen LogP contribution in [0.25, 0.3) is 16.9 Å². The summed E-state index contributed by atoms with van der Waals surface area (Å²) in [5.41, 5.74) is 1.91. The second-order valence-electron chi connectivity index (χ2n) is 6.39. The van der Waals surface area contributed by atoms with Crippen LogP contribution in [0.2, 0.25) is 0 Å². The van der Waals surface area contributed by atoms with Gasteiger partial charge in [-0.1, -0.05) is 13.8 Å². The van der Waals surface area contributed by atoms with Crippen molar-refractivity contribution in [3.63, 3.8) is 0 Å². The monoisotopic (exact) mass is 370 g/mol. The van der Waals surface area contributed by atoms with Gasteiger partial charge < -0.3 is 5.32 Å². The maximum Gasteiger partial charge on any atom is 0.240 e. The number of benzene rings is 2. The summed E-state index contributed by atoms with van der Waals surface area (Å²) < 4.78 is 28.1. The zero-order chi connectivity index (χ0) is 19.4. The van der Waals surface area contributed by atoms with Gasteiger partial charge in [0, 0.05) is 23.5 Å². The fraction of sp³-hybridized carbons (Fsp3) is 0.200. The minimum absolute atomic E-state index is 0.139. The molecule has 2 N–H and O–H groups in total. The normalized spacial score (nSPS) is 11.0. The Balaban J connectivity index is 1.94. The van der Waals surface area contributed by atoms with E-state index >= 15 is 0 Å². The van der Waals surface area contributed by atoms with Gasteiger partial charge in [0.2, 0.25) is 11.9 Å². The quantitative estimate of drug-likeness (QED) is 0.695. The first-order valence-corrected chi connectivity index (χ1v) is 8.57. The molecule has 0 saturated heterocycles. The average molecular weight is 370 g/mol. The van der Waals surface area contributed by atoms with Crippen molar-refractivity contribution in [3.8, 4) is 16.9 Å². The summed E-state index contributed by atoms with van der Waals surface area (Å²) >= 11 is 0. The molecule has 27 heavy (non-hydrogen) atoms. The SMILES string of the molecule is CC(C)NCC(=O)Nc1nc(-c2ccc(F)cc2)cn1-c1ccc(F)cc1. The lowest BCUT2D eigenvalue weighted by Gasteiger charge is -2.10. The molecule has 0 fully saturated rings. The lowest BCUT2D eigenvalue weighted by molar-refractivity contribution is -0.115. The molecule has 7 heteroatoms. The molecule has 0 unspecified atom stereocenters. The average Bonchev–Trinajstić information content (AvgIpc) is 3.05. The largest absolute Gasteiger partial charge is 0.306 e. The van der Waals surface area contributed by atoms with Gasteiger partial charge in [0.25, 0.3) is 0 Å². The van der Waals surface area contributed by atoms with E-state index in [4.69, 9.17) is 0 Å². The van der Waals surface area contributed by atoms with Crippen molar-refractivity contribution in [3.05, 3.63) is 66.4 Å². The number of amides is 1. The molecular formula is C20H20F2N4O. The fourth-order valence-electron chi connectivity index (χ4n) is 2.49. The maximum absolute atomic E-state index is 13.3. The lowest BCUT2D eigenvalue weighted by atomic mass is 10.2. The zero-order valence-electron chi connectivity index (χ0n) is 15.0. The van der Waals surface area contributed by atoms with Crippen molar-refractivity contribution in [1.29, 1.82) is 0 Å². The topological polar surface area (TPSA) is 59.0 Å². The number of imidazole rings is 1. The molecule has 0 aliphatic rings. The Morgan fingerprint density at radius 3 is 2.22 bits per heavy atom. The summed E-state index contributed by atoms with van der Waals surface area (Å²) in [5, 5.41) is 5.80. The number of hydrogen-bond donors (Lipinski definition) is 2. The molecule has 2 aromatic carbocycles. The van der Waals surface area contributed by atoms with Crippen molar-refractivity contribution in [2.75, 3.05) is 11.9 Å². The molecule has 1 amide bonds. The highest BCUT2D eigenvalue weighted by atomic mass is 19.1. The molecule has 1 heterocycles. The predicted molar refractivity (Wildman–Crippen MR) is 101 cm³/mol. The van der Waals surface area contributed by atoms with Crippen molar-refractivity contribution in [2.24, 2.45) is 0 Å². The van der Waals surface area contributed by atoms with E-state index in [1.807, 2.05) is 13.8 Å². The summed E-state index contributed by atoms with van der Waals surface area (Å²) in [7, 11) is 0. The molecule has 0 radical (unpaired) electrons. The number of anilines is 1. The first-order chi connectivity index (χ1) is 12.9. The van der Waals surface area contributed by atoms with Crippen LogP contribution in [0.4, 0.5) is 14.7 Å². The Hall–Kier alpha value is -3.06. The summed E-state index contributed by atoms with van der Waals surface area (Å²) in [4.78, 5) is 16.7. The Morgan fingerprint density at radius 2 is 1.63 bits per heavy atom. The maximum atomic E-state index is 13.3. The van der Waals surface area contributed by atoms with Gasteiger partial charge in [-0.15, -0.1) is 0 Å². The molecule has 1 aromatic heterocycles. The Kier molecular flexibility index (Phi) is 5.61. The third-order valence-electron chi connectivity index (χ3n) is 3.87. The molecule has 0 atom stereocenters. The van der Waals surface area contributed by atoms with E-state index in [2.05, 4.69) is 15.6 Å². The molecule has 3 rings (SSSR count). The van der Waals surface area contributed by atoms with E-state index in [0.717, 1.165) is 0 Å². The van der Waals surface area contributed by atoms with Crippen molar-refractivity contribution < 1.29 is 13.6 Å². The van der Waals surface area contributed by atoms with E-state index in [1.54, 1.807) is 35.0 Å². The smallest absolute Gasteiger partial charge is 0.240 e. The van der Waals surface area contributed by atoms with Crippen LogP contribution >= 0.6 is 0 Å². The number of nitrogens with zero attached hydrogens (tertiary/aromatic N) is 2. The molecule has 0 bridgehead atoms. The number of halogens is 2. The van der Waals surface area contributed by atoms with Crippen molar-refractivity contribution >= 4 is 11.9 Å². The van der Waals surface area contributed by atoms with Crippen LogP contribution in [0.5, 0.6) is 0 Å². The van der Waals surface area contributed by atoms with E-state index in [9.17, 15) is 13.6 Å². The number of rotatable bonds is 6. The lowest BCUT2D eigenvalue weighted by Crippen LogP contribution is -2.33. The first kappa shape index (κ1) is 18.7. The number of nitrogens with one attached hydrogen (secondary N) is 2. The van der Waals surface area contributed by atoms with Gasteiger partial charge in [0.15, 0.2) is 0 Å². The highest BCUT2D eigenvalue weighted by Gasteiger charge is 2.14. The van der Waals surface area contributed by atoms with Gasteiger partial charge in [-0.25, -0.2) is 13.8 Å². The highest BCUT2D eigenvalue weighted by molar-refractivity contribution is 5.91. The van der Waals surface area contributed by atoms with Crippen LogP contribution in [0, 0.1) is 11.6 Å². The fourth-order valence-corrected chi connectivity index (χ4v) is 2.49. The van der Waals surface area contributed by atoms with Crippen LogP contribution in [0.15, 0.2) is 54.7 Å². The van der Waals surface area contributed by atoms with Crippen LogP contribution < -0.4 is 10.6 Å². The van der Waals surface area contributed by atoms with Gasteiger partial charge in [0.05, 0.1) is 12.2 Å². The first-order valence-electron chi connectivity index (χ1n) is 8.57. The standard InChI is InChI=1S/C20H20F2N4O/c1-13(2)23-11-19(27)25-20-24-18(14-3-5-15(21)6-4-14)12-26(20)17-9-7-16(22)8-10-17/h3-10,12-13,23H,11H2,1-2H3,(H,24,25,27). The van der Waals surface area contributed by atoms with Gasteiger partial charge in [-0.05, 0) is 48.5 Å². The third kappa shape index (κ3) is 4.77. The van der Waals surface area contributed by atoms with Crippen molar-refractivity contribution in [1.82, 2.24) is 14.9 Å². The van der Waals surface area contributed by atoms with Crippen LogP contribution in [-0.4, -0.2) is 28.0 Å². The van der Waals surface area contributed by atoms with Crippen LogP contribution in [0.3, 0.4) is 0 Å². The van der Waals surface area contributed by atoms with Crippen molar-refractivity contribution in [2.45, 2.75) is 19.9 Å². The molecular weight excluding hydrogens is 350 g/mol. The Labute approximate surface area is 156 Å². The molecule has 3 aromatic rings. The van der Waals surface area contributed by atoms with Gasteiger partial charge >= 0.3 is 0 Å². The molecule has 5 nitrogen and oxygen atoms in total. The van der Waals surface area contributed by atoms with E-state index in [-0.39, 0.29) is 30.1 Å². The minimum Gasteiger partial charge on any atom is -0.306 e. The van der Waals surface area contributed by atoms with Gasteiger partial charge in [-0.2, -0.15) is 0 Å². The summed E-state index contributed by atoms with van der Waals surface area (Å²) in [5.74, 6) is -0.644. The summed E-state index contributed by atoms with van der Waals surface area (Å²) in [6.07, 6.45) is 1.71. The minimum atomic E-state index is -0.357. The molecule has 140 valence electrons. The molecule has 0 spiro atoms. The second kappa shape index (κ2) is 8.09. The Bertz CT molecular complexity index is 918. The third-order valence-corrected chi connectivity index (χ3v) is 3.87. The number of aromatic nitrogens is 2. The Morgan fingerprint density at radius 1 is 1.04 bits per heavy atom. The summed E-state index contributed by atoms with van der Waals surface area (Å²) in [6, 6.07) is 11.9. The second-order valence-corrected chi connectivity index (χ2v) is 6.39. The van der Waals surface area contributed by atoms with E-state index in [0.29, 0.717) is 22.9 Å². The molecule has 0 aliphatic carbocycles. The molecule has 0 saturated carbocycles. The van der Waals surface area contributed by atoms with E-state index < -0.39 is 0 Å². The van der Waals surface area contributed by atoms with Gasteiger partial charge in [-0.3, -0.25) is 14.7 Å². The summed E-state index contributed by atoms with van der Waals surface area (Å²) in [6.45, 7) is 4.03. The van der Waals surface area contributed by atoms with Crippen LogP contribution in [0.1, 0.15) is 13.8 Å². The number of carbonyl (C=O) groups excluding carboxylic acids is 1. The van der Waals surface area contributed by atoms with Crippen LogP contribution in [-0.2, 0) is 4.79 Å². The highest BCUT2D eigenvalue weighted by Crippen LogP contribution is 2.24. The number of carbonyl (C=O) groups is 1. The predicted octanol–water partition coefficient (Wildman–Crippen LogP) is 3.75. The number of hydrogen-bond acceptors (Lipinski definition) is 3.